The molecule has 2 N–H and O–H groups in total. The van der Waals surface area contributed by atoms with Gasteiger partial charge in [0.2, 0.25) is 5.89 Å². The van der Waals surface area contributed by atoms with Crippen molar-refractivity contribution < 1.29 is 14.4 Å². The molecule has 1 saturated heterocycles. The van der Waals surface area contributed by atoms with E-state index in [2.05, 4.69) is 31.4 Å². The fourth-order valence-corrected chi connectivity index (χ4v) is 2.92. The highest BCUT2D eigenvalue weighted by Gasteiger charge is 2.45. The number of carbonyl (C=O) groups excluding carboxylic acids is 1. The molecule has 23 heavy (non-hydrogen) atoms. The van der Waals surface area contributed by atoms with Gasteiger partial charge in [-0.25, -0.2) is 4.79 Å². The quantitative estimate of drug-likeness (QED) is 0.840. The molecule has 3 rings (SSSR count). The molecule has 1 fully saturated rings. The van der Waals surface area contributed by atoms with Crippen LogP contribution in [0.15, 0.2) is 33.3 Å². The molecule has 8 heteroatoms. The Labute approximate surface area is 141 Å². The second-order valence-electron chi connectivity index (χ2n) is 5.62. The van der Waals surface area contributed by atoms with Crippen molar-refractivity contribution in [2.24, 2.45) is 0 Å². The second-order valence-corrected chi connectivity index (χ2v) is 6.53. The van der Waals surface area contributed by atoms with Crippen molar-refractivity contribution in [3.8, 4) is 0 Å². The smallest absolute Gasteiger partial charge is 0.317 e. The lowest BCUT2D eigenvalue weighted by atomic mass is 9.86. The summed E-state index contributed by atoms with van der Waals surface area (Å²) in [5, 5.41) is 17.0. The first-order chi connectivity index (χ1) is 11.0. The average Bonchev–Trinajstić information content (AvgIpc) is 2.89. The van der Waals surface area contributed by atoms with Crippen molar-refractivity contribution in [3.63, 3.8) is 0 Å². The third-order valence-electron chi connectivity index (χ3n) is 3.74. The number of carbonyl (C=O) groups is 1. The molecular weight excluding hydrogens is 364 g/mol. The van der Waals surface area contributed by atoms with Gasteiger partial charge in [-0.3, -0.25) is 0 Å². The summed E-state index contributed by atoms with van der Waals surface area (Å²) in [4.78, 5) is 17.7. The van der Waals surface area contributed by atoms with Gasteiger partial charge >= 0.3 is 6.03 Å². The molecule has 0 aliphatic carbocycles. The summed E-state index contributed by atoms with van der Waals surface area (Å²) < 4.78 is 5.88. The van der Waals surface area contributed by atoms with Crippen molar-refractivity contribution in [1.29, 1.82) is 0 Å². The summed E-state index contributed by atoms with van der Waals surface area (Å²) in [6.45, 7) is 2.70. The van der Waals surface area contributed by atoms with Crippen molar-refractivity contribution in [1.82, 2.24) is 20.4 Å². The molecule has 0 bridgehead atoms. The van der Waals surface area contributed by atoms with Gasteiger partial charge < -0.3 is 19.8 Å². The molecule has 122 valence electrons. The summed E-state index contributed by atoms with van der Waals surface area (Å²) in [7, 11) is 0. The standard InChI is InChI=1S/C15H17BrN4O3/c1-10-18-13(23-19-10)5-6-17-14(21)20-8-15(22,9-20)11-3-2-4-12(16)7-11/h2-4,7,22H,5-6,8-9H2,1H3,(H,17,21). The summed E-state index contributed by atoms with van der Waals surface area (Å²) in [6, 6.07) is 7.29. The number of nitrogens with zero attached hydrogens (tertiary/aromatic N) is 3. The maximum absolute atomic E-state index is 12.0. The van der Waals surface area contributed by atoms with Gasteiger partial charge in [0.1, 0.15) is 5.60 Å². The highest BCUT2D eigenvalue weighted by molar-refractivity contribution is 9.10. The van der Waals surface area contributed by atoms with Gasteiger partial charge in [0.15, 0.2) is 5.82 Å². The molecule has 0 unspecified atom stereocenters. The van der Waals surface area contributed by atoms with Crippen molar-refractivity contribution in [2.45, 2.75) is 18.9 Å². The van der Waals surface area contributed by atoms with E-state index in [-0.39, 0.29) is 19.1 Å². The molecule has 0 saturated carbocycles. The van der Waals surface area contributed by atoms with E-state index in [9.17, 15) is 9.90 Å². The van der Waals surface area contributed by atoms with Gasteiger partial charge in [-0.15, -0.1) is 0 Å². The zero-order valence-corrected chi connectivity index (χ0v) is 14.2. The molecule has 2 aromatic rings. The second kappa shape index (κ2) is 6.29. The summed E-state index contributed by atoms with van der Waals surface area (Å²) in [5.74, 6) is 1.07. The summed E-state index contributed by atoms with van der Waals surface area (Å²) in [5.41, 5.74) is -0.178. The Hall–Kier alpha value is -1.93. The predicted octanol–water partition coefficient (Wildman–Crippen LogP) is 1.60. The number of aromatic nitrogens is 2. The molecule has 0 atom stereocenters. The van der Waals surface area contributed by atoms with Crippen molar-refractivity contribution in [3.05, 3.63) is 46.0 Å². The lowest BCUT2D eigenvalue weighted by Gasteiger charge is -2.46. The molecule has 2 heterocycles. The van der Waals surface area contributed by atoms with E-state index in [4.69, 9.17) is 4.52 Å². The number of β-amino-alcohol motifs (C(OH)–C–C–N with tert-alkyl or cyclic N) is 1. The molecule has 7 nitrogen and oxygen atoms in total. The average molecular weight is 381 g/mol. The van der Waals surface area contributed by atoms with E-state index in [1.165, 1.54) is 0 Å². The van der Waals surface area contributed by atoms with Gasteiger partial charge in [0.25, 0.3) is 0 Å². The van der Waals surface area contributed by atoms with E-state index in [1.54, 1.807) is 11.8 Å². The zero-order valence-electron chi connectivity index (χ0n) is 12.6. The molecule has 2 amide bonds. The number of rotatable bonds is 4. The monoisotopic (exact) mass is 380 g/mol. The number of halogens is 1. The van der Waals surface area contributed by atoms with Crippen LogP contribution in [0.1, 0.15) is 17.3 Å². The Balaban J connectivity index is 1.47. The van der Waals surface area contributed by atoms with Crippen LogP contribution in [0.3, 0.4) is 0 Å². The predicted molar refractivity (Wildman–Crippen MR) is 85.7 cm³/mol. The minimum absolute atomic E-state index is 0.207. The number of aryl methyl sites for hydroxylation is 1. The van der Waals surface area contributed by atoms with E-state index in [1.807, 2.05) is 24.3 Å². The van der Waals surface area contributed by atoms with Crippen molar-refractivity contribution in [2.75, 3.05) is 19.6 Å². The van der Waals surface area contributed by atoms with Gasteiger partial charge in [0.05, 0.1) is 13.1 Å². The maximum Gasteiger partial charge on any atom is 0.317 e. The Morgan fingerprint density at radius 3 is 2.96 bits per heavy atom. The van der Waals surface area contributed by atoms with Crippen LogP contribution in [0.4, 0.5) is 4.79 Å². The molecule has 1 aromatic carbocycles. The van der Waals surface area contributed by atoms with Crippen LogP contribution in [0.5, 0.6) is 0 Å². The van der Waals surface area contributed by atoms with Crippen LogP contribution >= 0.6 is 15.9 Å². The first-order valence-electron chi connectivity index (χ1n) is 7.27. The van der Waals surface area contributed by atoms with Crippen LogP contribution < -0.4 is 5.32 Å². The van der Waals surface area contributed by atoms with E-state index < -0.39 is 5.60 Å². The third kappa shape index (κ3) is 3.53. The van der Waals surface area contributed by atoms with Gasteiger partial charge in [-0.05, 0) is 24.6 Å². The lowest BCUT2D eigenvalue weighted by molar-refractivity contribution is -0.0815. The number of amides is 2. The molecule has 0 spiro atoms. The van der Waals surface area contributed by atoms with E-state index >= 15 is 0 Å². The van der Waals surface area contributed by atoms with Crippen LogP contribution in [0, 0.1) is 6.92 Å². The van der Waals surface area contributed by atoms with Crippen LogP contribution in [-0.2, 0) is 12.0 Å². The fraction of sp³-hybridized carbons (Fsp3) is 0.400. The van der Waals surface area contributed by atoms with Gasteiger partial charge in [0, 0.05) is 17.4 Å². The SMILES string of the molecule is Cc1noc(CCNC(=O)N2CC(O)(c3cccc(Br)c3)C2)n1. The Morgan fingerprint density at radius 1 is 1.52 bits per heavy atom. The Bertz CT molecular complexity index is 712. The molecule has 1 aliphatic heterocycles. The van der Waals surface area contributed by atoms with Crippen molar-refractivity contribution >= 4 is 22.0 Å². The first kappa shape index (κ1) is 15.9. The van der Waals surface area contributed by atoms with E-state index in [0.717, 1.165) is 10.0 Å². The third-order valence-corrected chi connectivity index (χ3v) is 4.23. The highest BCUT2D eigenvalue weighted by Crippen LogP contribution is 2.32. The number of hydrogen-bond acceptors (Lipinski definition) is 5. The Kier molecular flexibility index (Phi) is 4.36. The maximum atomic E-state index is 12.0. The van der Waals surface area contributed by atoms with Gasteiger partial charge in [-0.1, -0.05) is 33.2 Å². The first-order valence-corrected chi connectivity index (χ1v) is 8.06. The number of likely N-dealkylation sites (tertiary alicyclic amines) is 1. The highest BCUT2D eigenvalue weighted by atomic mass is 79.9. The fourth-order valence-electron chi connectivity index (χ4n) is 2.52. The molecular formula is C15H17BrN4O3. The topological polar surface area (TPSA) is 91.5 Å². The number of aliphatic hydroxyl groups is 1. The summed E-state index contributed by atoms with van der Waals surface area (Å²) >= 11 is 3.39. The zero-order chi connectivity index (χ0) is 16.4. The van der Waals surface area contributed by atoms with Crippen LogP contribution in [0.2, 0.25) is 0 Å². The summed E-state index contributed by atoms with van der Waals surface area (Å²) in [6.07, 6.45) is 0.482. The number of hydrogen-bond donors (Lipinski definition) is 2. The number of urea groups is 1. The largest absolute Gasteiger partial charge is 0.381 e. The van der Waals surface area contributed by atoms with Gasteiger partial charge in [-0.2, -0.15) is 4.98 Å². The number of nitrogens with one attached hydrogen (secondary N) is 1. The number of benzene rings is 1. The lowest BCUT2D eigenvalue weighted by Crippen LogP contribution is -2.63. The Morgan fingerprint density at radius 2 is 2.30 bits per heavy atom. The molecule has 1 aliphatic rings. The van der Waals surface area contributed by atoms with E-state index in [0.29, 0.717) is 24.7 Å². The minimum Gasteiger partial charge on any atom is -0.381 e. The van der Waals surface area contributed by atoms with Crippen LogP contribution in [-0.4, -0.2) is 45.8 Å². The molecule has 0 radical (unpaired) electrons. The molecule has 1 aromatic heterocycles. The minimum atomic E-state index is -0.981. The normalized spacial score (nSPS) is 16.0. The van der Waals surface area contributed by atoms with Crippen LogP contribution in [0.25, 0.3) is 0 Å².